The molecule has 1 atom stereocenters. The minimum Gasteiger partial charge on any atom is -0.399 e. The summed E-state index contributed by atoms with van der Waals surface area (Å²) < 4.78 is 0. The lowest BCUT2D eigenvalue weighted by Gasteiger charge is -2.26. The van der Waals surface area contributed by atoms with Gasteiger partial charge < -0.3 is 10.6 Å². The second kappa shape index (κ2) is 6.06. The number of nitrogen functional groups attached to an aromatic ring is 1. The van der Waals surface area contributed by atoms with E-state index >= 15 is 0 Å². The first-order valence-electron chi connectivity index (χ1n) is 6.88. The van der Waals surface area contributed by atoms with Crippen molar-refractivity contribution in [2.45, 2.75) is 25.3 Å². The Hall–Kier alpha value is -1.55. The van der Waals surface area contributed by atoms with Gasteiger partial charge in [0.15, 0.2) is 0 Å². The molecule has 1 aromatic rings. The molecule has 19 heavy (non-hydrogen) atoms. The Balaban J connectivity index is 1.95. The topological polar surface area (TPSA) is 49.6 Å². The molecule has 0 spiro atoms. The van der Waals surface area contributed by atoms with Crippen molar-refractivity contribution in [3.8, 4) is 0 Å². The molecule has 1 aliphatic rings. The maximum Gasteiger partial charge on any atom is 0.239 e. The third-order valence-corrected chi connectivity index (χ3v) is 3.81. The Bertz CT molecular complexity index is 445. The minimum atomic E-state index is 0.0555. The Morgan fingerprint density at radius 1 is 1.42 bits per heavy atom. The monoisotopic (exact) mass is 261 g/mol. The maximum atomic E-state index is 12.1. The van der Waals surface area contributed by atoms with Gasteiger partial charge in [-0.2, -0.15) is 0 Å². The van der Waals surface area contributed by atoms with Crippen LogP contribution in [-0.2, 0) is 11.2 Å². The normalized spacial score (nSPS) is 19.6. The van der Waals surface area contributed by atoms with Crippen molar-refractivity contribution < 1.29 is 4.79 Å². The minimum absolute atomic E-state index is 0.0555. The van der Waals surface area contributed by atoms with E-state index in [4.69, 9.17) is 5.73 Å². The molecule has 1 aliphatic heterocycles. The lowest BCUT2D eigenvalue weighted by atomic mass is 10.1. The standard InChI is InChI=1S/C15H23N3O/c1-17(2)15(19)14-8-5-10-18(14)11-9-12-6-3-4-7-13(12)16/h3-4,6-7,14H,5,8-11,16H2,1-2H3. The van der Waals surface area contributed by atoms with Crippen LogP contribution in [0.5, 0.6) is 0 Å². The number of anilines is 1. The van der Waals surface area contributed by atoms with E-state index in [1.807, 2.05) is 32.3 Å². The molecule has 0 aromatic heterocycles. The van der Waals surface area contributed by atoms with Crippen LogP contribution < -0.4 is 5.73 Å². The first-order valence-corrected chi connectivity index (χ1v) is 6.88. The molecule has 0 radical (unpaired) electrons. The highest BCUT2D eigenvalue weighted by atomic mass is 16.2. The molecule has 2 N–H and O–H groups in total. The molecule has 0 aliphatic carbocycles. The number of rotatable bonds is 4. The van der Waals surface area contributed by atoms with E-state index < -0.39 is 0 Å². The van der Waals surface area contributed by atoms with Gasteiger partial charge in [-0.15, -0.1) is 0 Å². The number of hydrogen-bond donors (Lipinski definition) is 1. The van der Waals surface area contributed by atoms with Gasteiger partial charge in [-0.1, -0.05) is 18.2 Å². The first kappa shape index (κ1) is 13.9. The summed E-state index contributed by atoms with van der Waals surface area (Å²) in [4.78, 5) is 16.1. The Labute approximate surface area is 115 Å². The molecule has 1 saturated heterocycles. The van der Waals surface area contributed by atoms with Crippen LogP contribution in [0.3, 0.4) is 0 Å². The summed E-state index contributed by atoms with van der Waals surface area (Å²) in [6, 6.07) is 8.01. The fourth-order valence-corrected chi connectivity index (χ4v) is 2.70. The van der Waals surface area contributed by atoms with Crippen molar-refractivity contribution in [2.24, 2.45) is 0 Å². The summed E-state index contributed by atoms with van der Waals surface area (Å²) in [5.41, 5.74) is 7.97. The van der Waals surface area contributed by atoms with Gasteiger partial charge in [-0.3, -0.25) is 9.69 Å². The first-order chi connectivity index (χ1) is 9.09. The number of amides is 1. The lowest BCUT2D eigenvalue weighted by molar-refractivity contribution is -0.133. The Kier molecular flexibility index (Phi) is 4.43. The number of hydrogen-bond acceptors (Lipinski definition) is 3. The molecule has 0 bridgehead atoms. The molecule has 1 unspecified atom stereocenters. The second-order valence-electron chi connectivity index (χ2n) is 5.38. The van der Waals surface area contributed by atoms with Gasteiger partial charge in [0.25, 0.3) is 0 Å². The van der Waals surface area contributed by atoms with Crippen LogP contribution in [0.25, 0.3) is 0 Å². The number of para-hydroxylation sites is 1. The summed E-state index contributed by atoms with van der Waals surface area (Å²) in [6.07, 6.45) is 2.99. The van der Waals surface area contributed by atoms with Gasteiger partial charge in [0.05, 0.1) is 6.04 Å². The van der Waals surface area contributed by atoms with Gasteiger partial charge in [0.2, 0.25) is 5.91 Å². The number of nitrogens with zero attached hydrogens (tertiary/aromatic N) is 2. The number of benzene rings is 1. The molecular formula is C15H23N3O. The molecular weight excluding hydrogens is 238 g/mol. The van der Waals surface area contributed by atoms with Crippen LogP contribution >= 0.6 is 0 Å². The number of carbonyl (C=O) groups excluding carboxylic acids is 1. The second-order valence-corrected chi connectivity index (χ2v) is 5.38. The van der Waals surface area contributed by atoms with Gasteiger partial charge in [-0.25, -0.2) is 0 Å². The molecule has 1 amide bonds. The average molecular weight is 261 g/mol. The summed E-state index contributed by atoms with van der Waals surface area (Å²) in [5.74, 6) is 0.221. The van der Waals surface area contributed by atoms with E-state index in [0.717, 1.165) is 38.0 Å². The number of likely N-dealkylation sites (N-methyl/N-ethyl adjacent to an activating group) is 1. The van der Waals surface area contributed by atoms with Crippen LogP contribution in [0, 0.1) is 0 Å². The van der Waals surface area contributed by atoms with E-state index in [1.54, 1.807) is 4.90 Å². The summed E-state index contributed by atoms with van der Waals surface area (Å²) >= 11 is 0. The zero-order valence-electron chi connectivity index (χ0n) is 11.8. The fourth-order valence-electron chi connectivity index (χ4n) is 2.70. The van der Waals surface area contributed by atoms with Crippen molar-refractivity contribution in [1.82, 2.24) is 9.80 Å². The maximum absolute atomic E-state index is 12.1. The quantitative estimate of drug-likeness (QED) is 0.833. The van der Waals surface area contributed by atoms with E-state index in [2.05, 4.69) is 11.0 Å². The van der Waals surface area contributed by atoms with Gasteiger partial charge in [-0.05, 0) is 37.4 Å². The molecule has 4 heteroatoms. The summed E-state index contributed by atoms with van der Waals surface area (Å²) in [6.45, 7) is 1.91. The third-order valence-electron chi connectivity index (χ3n) is 3.81. The van der Waals surface area contributed by atoms with Gasteiger partial charge in [0.1, 0.15) is 0 Å². The predicted molar refractivity (Wildman–Crippen MR) is 77.8 cm³/mol. The highest BCUT2D eigenvalue weighted by Gasteiger charge is 2.31. The molecule has 4 nitrogen and oxygen atoms in total. The molecule has 1 fully saturated rings. The predicted octanol–water partition coefficient (Wildman–Crippen LogP) is 1.36. The highest BCUT2D eigenvalue weighted by molar-refractivity contribution is 5.81. The van der Waals surface area contributed by atoms with E-state index in [9.17, 15) is 4.79 Å². The zero-order valence-corrected chi connectivity index (χ0v) is 11.8. The Morgan fingerprint density at radius 2 is 2.16 bits per heavy atom. The molecule has 1 heterocycles. The SMILES string of the molecule is CN(C)C(=O)C1CCCN1CCc1ccccc1N. The smallest absolute Gasteiger partial charge is 0.239 e. The van der Waals surface area contributed by atoms with E-state index in [1.165, 1.54) is 5.56 Å². The van der Waals surface area contributed by atoms with Crippen LogP contribution in [0.4, 0.5) is 5.69 Å². The molecule has 2 rings (SSSR count). The molecule has 104 valence electrons. The summed E-state index contributed by atoms with van der Waals surface area (Å²) in [5, 5.41) is 0. The van der Waals surface area contributed by atoms with Crippen LogP contribution in [-0.4, -0.2) is 48.9 Å². The number of likely N-dealkylation sites (tertiary alicyclic amines) is 1. The van der Waals surface area contributed by atoms with Crippen molar-refractivity contribution in [3.63, 3.8) is 0 Å². The third kappa shape index (κ3) is 3.26. The van der Waals surface area contributed by atoms with E-state index in [-0.39, 0.29) is 11.9 Å². The van der Waals surface area contributed by atoms with E-state index in [0.29, 0.717) is 0 Å². The zero-order chi connectivity index (χ0) is 13.8. The van der Waals surface area contributed by atoms with Crippen molar-refractivity contribution in [2.75, 3.05) is 32.9 Å². The Morgan fingerprint density at radius 3 is 2.84 bits per heavy atom. The van der Waals surface area contributed by atoms with Gasteiger partial charge >= 0.3 is 0 Å². The molecule has 1 aromatic carbocycles. The van der Waals surface area contributed by atoms with Crippen molar-refractivity contribution in [1.29, 1.82) is 0 Å². The highest BCUT2D eigenvalue weighted by Crippen LogP contribution is 2.20. The lowest BCUT2D eigenvalue weighted by Crippen LogP contribution is -2.43. The van der Waals surface area contributed by atoms with Gasteiger partial charge in [0, 0.05) is 26.3 Å². The van der Waals surface area contributed by atoms with Crippen LogP contribution in [0.2, 0.25) is 0 Å². The molecule has 0 saturated carbocycles. The van der Waals surface area contributed by atoms with Crippen LogP contribution in [0.15, 0.2) is 24.3 Å². The van der Waals surface area contributed by atoms with Crippen LogP contribution in [0.1, 0.15) is 18.4 Å². The largest absolute Gasteiger partial charge is 0.399 e. The van der Waals surface area contributed by atoms with Crippen molar-refractivity contribution >= 4 is 11.6 Å². The van der Waals surface area contributed by atoms with Crippen molar-refractivity contribution in [3.05, 3.63) is 29.8 Å². The fraction of sp³-hybridized carbons (Fsp3) is 0.533. The number of nitrogens with two attached hydrogens (primary N) is 1. The summed E-state index contributed by atoms with van der Waals surface area (Å²) in [7, 11) is 3.65. The number of carbonyl (C=O) groups is 1. The average Bonchev–Trinajstić information content (AvgIpc) is 2.85.